The summed E-state index contributed by atoms with van der Waals surface area (Å²) in [6.07, 6.45) is -1.64. The molecule has 0 radical (unpaired) electrons. The molecule has 2 aromatic rings. The number of para-hydroxylation sites is 1. The van der Waals surface area contributed by atoms with Gasteiger partial charge in [0.25, 0.3) is 0 Å². The highest BCUT2D eigenvalue weighted by Crippen LogP contribution is 2.21. The van der Waals surface area contributed by atoms with E-state index in [1.54, 1.807) is 17.0 Å². The number of hydrogen-bond acceptors (Lipinski definition) is 5. The first-order chi connectivity index (χ1) is 15.8. The van der Waals surface area contributed by atoms with Crippen molar-refractivity contribution in [3.8, 4) is 11.6 Å². The standard InChI is InChI=1S/C23H26F3N3O4/c24-23(25,26)16-33-22-17(6-4-11-27-22)14-28-21(31)18-7-5-12-29(15-18)20(30)10-13-32-19-8-2-1-3-9-19/h1-4,6,8-9,11,18H,5,7,10,12-16H2,(H,28,31)/t18-/m0/s1. The van der Waals surface area contributed by atoms with Crippen LogP contribution in [0.2, 0.25) is 0 Å². The molecule has 33 heavy (non-hydrogen) atoms. The van der Waals surface area contributed by atoms with Crippen LogP contribution in [-0.2, 0) is 16.1 Å². The summed E-state index contributed by atoms with van der Waals surface area (Å²) in [4.78, 5) is 30.7. The van der Waals surface area contributed by atoms with Crippen LogP contribution >= 0.6 is 0 Å². The number of aromatic nitrogens is 1. The molecule has 1 aromatic heterocycles. The number of carbonyl (C=O) groups excluding carboxylic acids is 2. The third-order valence-electron chi connectivity index (χ3n) is 5.15. The number of carbonyl (C=O) groups is 2. The highest BCUT2D eigenvalue weighted by Gasteiger charge is 2.30. The van der Waals surface area contributed by atoms with Crippen LogP contribution in [0.15, 0.2) is 48.7 Å². The lowest BCUT2D eigenvalue weighted by Gasteiger charge is -2.32. The highest BCUT2D eigenvalue weighted by atomic mass is 19.4. The topological polar surface area (TPSA) is 80.8 Å². The number of likely N-dealkylation sites (tertiary alicyclic amines) is 1. The molecule has 0 bridgehead atoms. The maximum absolute atomic E-state index is 12.7. The summed E-state index contributed by atoms with van der Waals surface area (Å²) in [7, 11) is 0. The maximum Gasteiger partial charge on any atom is 0.422 e. The third-order valence-corrected chi connectivity index (χ3v) is 5.15. The van der Waals surface area contributed by atoms with Gasteiger partial charge in [-0.1, -0.05) is 24.3 Å². The number of ether oxygens (including phenoxy) is 2. The molecule has 1 aliphatic heterocycles. The molecule has 1 atom stereocenters. The quantitative estimate of drug-likeness (QED) is 0.615. The van der Waals surface area contributed by atoms with Crippen LogP contribution in [0, 0.1) is 5.92 Å². The van der Waals surface area contributed by atoms with Gasteiger partial charge in [0.2, 0.25) is 17.7 Å². The SMILES string of the molecule is O=C(NCc1cccnc1OCC(F)(F)F)[C@H]1CCCN(C(=O)CCOc2ccccc2)C1. The minimum atomic E-state index is -4.48. The van der Waals surface area contributed by atoms with Gasteiger partial charge in [-0.2, -0.15) is 13.2 Å². The number of nitrogens with zero attached hydrogens (tertiary/aromatic N) is 2. The first-order valence-electron chi connectivity index (χ1n) is 10.7. The summed E-state index contributed by atoms with van der Waals surface area (Å²) in [5, 5.41) is 2.73. The van der Waals surface area contributed by atoms with Crippen LogP contribution in [-0.4, -0.2) is 54.2 Å². The van der Waals surface area contributed by atoms with Crippen LogP contribution in [0.4, 0.5) is 13.2 Å². The van der Waals surface area contributed by atoms with Crippen LogP contribution in [0.5, 0.6) is 11.6 Å². The Hall–Kier alpha value is -3.30. The molecule has 1 N–H and O–H groups in total. The molecular weight excluding hydrogens is 439 g/mol. The second kappa shape index (κ2) is 11.5. The first kappa shape index (κ1) is 24.3. The average Bonchev–Trinajstić information content (AvgIpc) is 2.82. The Morgan fingerprint density at radius 1 is 1.12 bits per heavy atom. The van der Waals surface area contributed by atoms with Crippen molar-refractivity contribution in [2.45, 2.75) is 32.0 Å². The number of rotatable bonds is 9. The van der Waals surface area contributed by atoms with E-state index in [2.05, 4.69) is 10.3 Å². The van der Waals surface area contributed by atoms with E-state index in [1.165, 1.54) is 6.20 Å². The maximum atomic E-state index is 12.7. The second-order valence-electron chi connectivity index (χ2n) is 7.68. The van der Waals surface area contributed by atoms with Gasteiger partial charge in [0.1, 0.15) is 5.75 Å². The van der Waals surface area contributed by atoms with E-state index in [4.69, 9.17) is 9.47 Å². The average molecular weight is 465 g/mol. The number of hydrogen-bond donors (Lipinski definition) is 1. The van der Waals surface area contributed by atoms with E-state index in [1.807, 2.05) is 30.3 Å². The number of piperidine rings is 1. The molecule has 1 aromatic carbocycles. The largest absolute Gasteiger partial charge is 0.493 e. The normalized spacial score (nSPS) is 16.2. The van der Waals surface area contributed by atoms with Crippen LogP contribution in [0.3, 0.4) is 0 Å². The molecule has 178 valence electrons. The molecule has 3 rings (SSSR count). The smallest absolute Gasteiger partial charge is 0.422 e. The molecule has 7 nitrogen and oxygen atoms in total. The van der Waals surface area contributed by atoms with E-state index >= 15 is 0 Å². The molecule has 0 aliphatic carbocycles. The number of nitrogens with one attached hydrogen (secondary N) is 1. The Balaban J connectivity index is 1.46. The fourth-order valence-corrected chi connectivity index (χ4v) is 3.51. The summed E-state index contributed by atoms with van der Waals surface area (Å²) in [5.41, 5.74) is 0.344. The molecule has 0 spiro atoms. The van der Waals surface area contributed by atoms with Gasteiger partial charge in [0.05, 0.1) is 18.9 Å². The Kier molecular flexibility index (Phi) is 8.51. The second-order valence-corrected chi connectivity index (χ2v) is 7.68. The van der Waals surface area contributed by atoms with E-state index < -0.39 is 18.7 Å². The summed E-state index contributed by atoms with van der Waals surface area (Å²) in [6.45, 7) is -0.363. The lowest BCUT2D eigenvalue weighted by Crippen LogP contribution is -2.45. The first-order valence-corrected chi connectivity index (χ1v) is 10.7. The molecule has 0 saturated carbocycles. The molecular formula is C23H26F3N3O4. The summed E-state index contributed by atoms with van der Waals surface area (Å²) < 4.78 is 47.6. The van der Waals surface area contributed by atoms with Gasteiger partial charge < -0.3 is 19.7 Å². The van der Waals surface area contributed by atoms with Crippen molar-refractivity contribution in [3.63, 3.8) is 0 Å². The molecule has 10 heteroatoms. The number of benzene rings is 1. The van der Waals surface area contributed by atoms with Crippen LogP contribution < -0.4 is 14.8 Å². The molecule has 2 heterocycles. The van der Waals surface area contributed by atoms with Crippen molar-refractivity contribution in [2.75, 3.05) is 26.3 Å². The van der Waals surface area contributed by atoms with Gasteiger partial charge in [-0.15, -0.1) is 0 Å². The third kappa shape index (κ3) is 7.96. The highest BCUT2D eigenvalue weighted by molar-refractivity contribution is 5.81. The van der Waals surface area contributed by atoms with E-state index in [9.17, 15) is 22.8 Å². The molecule has 1 aliphatic rings. The Morgan fingerprint density at radius 3 is 2.67 bits per heavy atom. The Labute approximate surface area is 189 Å². The van der Waals surface area contributed by atoms with Crippen molar-refractivity contribution in [2.24, 2.45) is 5.92 Å². The molecule has 1 fully saturated rings. The van der Waals surface area contributed by atoms with Crippen molar-refractivity contribution >= 4 is 11.8 Å². The minimum Gasteiger partial charge on any atom is -0.493 e. The lowest BCUT2D eigenvalue weighted by molar-refractivity contribution is -0.154. The number of alkyl halides is 3. The van der Waals surface area contributed by atoms with Crippen molar-refractivity contribution in [1.29, 1.82) is 0 Å². The summed E-state index contributed by atoms with van der Waals surface area (Å²) >= 11 is 0. The Bertz CT molecular complexity index is 925. The zero-order chi connectivity index (χ0) is 23.7. The number of halogens is 3. The summed E-state index contributed by atoms with van der Waals surface area (Å²) in [6, 6.07) is 12.3. The predicted molar refractivity (Wildman–Crippen MR) is 113 cm³/mol. The van der Waals surface area contributed by atoms with Crippen molar-refractivity contribution in [3.05, 3.63) is 54.2 Å². The van der Waals surface area contributed by atoms with Gasteiger partial charge in [-0.05, 0) is 31.0 Å². The zero-order valence-corrected chi connectivity index (χ0v) is 18.0. The number of amides is 2. The fraction of sp³-hybridized carbons (Fsp3) is 0.435. The van der Waals surface area contributed by atoms with E-state index in [0.29, 0.717) is 37.2 Å². The van der Waals surface area contributed by atoms with Crippen LogP contribution in [0.1, 0.15) is 24.8 Å². The monoisotopic (exact) mass is 465 g/mol. The molecule has 0 unspecified atom stereocenters. The van der Waals surface area contributed by atoms with E-state index in [0.717, 1.165) is 0 Å². The van der Waals surface area contributed by atoms with E-state index in [-0.39, 0.29) is 37.3 Å². The Morgan fingerprint density at radius 2 is 1.91 bits per heavy atom. The van der Waals surface area contributed by atoms with Gasteiger partial charge >= 0.3 is 6.18 Å². The number of pyridine rings is 1. The summed E-state index contributed by atoms with van der Waals surface area (Å²) in [5.74, 6) is -0.227. The minimum absolute atomic E-state index is 0.0186. The van der Waals surface area contributed by atoms with Gasteiger partial charge in [0, 0.05) is 31.4 Å². The predicted octanol–water partition coefficient (Wildman–Crippen LogP) is 3.35. The van der Waals surface area contributed by atoms with Gasteiger partial charge in [0.15, 0.2) is 6.61 Å². The van der Waals surface area contributed by atoms with Crippen molar-refractivity contribution in [1.82, 2.24) is 15.2 Å². The van der Waals surface area contributed by atoms with Gasteiger partial charge in [-0.25, -0.2) is 4.98 Å². The molecule has 2 amide bonds. The molecule has 1 saturated heterocycles. The zero-order valence-electron chi connectivity index (χ0n) is 18.0. The van der Waals surface area contributed by atoms with Crippen molar-refractivity contribution < 1.29 is 32.2 Å². The van der Waals surface area contributed by atoms with Gasteiger partial charge in [-0.3, -0.25) is 9.59 Å². The fourth-order valence-electron chi connectivity index (χ4n) is 3.51. The van der Waals surface area contributed by atoms with Crippen LogP contribution in [0.25, 0.3) is 0 Å². The lowest BCUT2D eigenvalue weighted by atomic mass is 9.96.